The minimum Gasteiger partial charge on any atom is -0.468 e. The molecule has 1 amide bonds. The van der Waals surface area contributed by atoms with Gasteiger partial charge in [0.15, 0.2) is 11.8 Å². The molecule has 1 saturated carbocycles. The largest absolute Gasteiger partial charge is 0.468 e. The number of nitrogens with zero attached hydrogens (tertiary/aromatic N) is 4. The Morgan fingerprint density at radius 1 is 1.30 bits per heavy atom. The third kappa shape index (κ3) is 6.10. The highest BCUT2D eigenvalue weighted by Gasteiger charge is 2.28. The van der Waals surface area contributed by atoms with Crippen LogP contribution in [0.25, 0.3) is 0 Å². The van der Waals surface area contributed by atoms with Crippen LogP contribution in [0.1, 0.15) is 54.3 Å². The van der Waals surface area contributed by atoms with E-state index in [1.807, 2.05) is 6.26 Å². The highest BCUT2D eigenvalue weighted by atomic mass is 32.2. The van der Waals surface area contributed by atoms with Crippen LogP contribution in [0.15, 0.2) is 23.5 Å². The maximum Gasteiger partial charge on any atom is 0.422 e. The quantitative estimate of drug-likeness (QED) is 0.469. The van der Waals surface area contributed by atoms with Crippen molar-refractivity contribution >= 4 is 17.7 Å². The van der Waals surface area contributed by atoms with Gasteiger partial charge in [0.05, 0.1) is 5.56 Å². The van der Waals surface area contributed by atoms with Crippen molar-refractivity contribution in [3.8, 4) is 5.88 Å². The zero-order valence-electron chi connectivity index (χ0n) is 16.6. The van der Waals surface area contributed by atoms with Gasteiger partial charge in [-0.3, -0.25) is 4.79 Å². The molecule has 0 radical (unpaired) electrons. The number of nitrogens with one attached hydrogen (secondary N) is 1. The Labute approximate surface area is 176 Å². The fourth-order valence-electron chi connectivity index (χ4n) is 3.45. The van der Waals surface area contributed by atoms with Crippen LogP contribution in [0.4, 0.5) is 13.2 Å². The number of carbonyl (C=O) groups excluding carboxylic acids is 1. The van der Waals surface area contributed by atoms with Crippen molar-refractivity contribution in [3.63, 3.8) is 0 Å². The molecule has 2 aromatic rings. The molecular formula is C19H24F3N5O2S. The van der Waals surface area contributed by atoms with Crippen molar-refractivity contribution in [2.24, 2.45) is 0 Å². The van der Waals surface area contributed by atoms with Gasteiger partial charge in [0, 0.05) is 31.3 Å². The van der Waals surface area contributed by atoms with E-state index in [0.717, 1.165) is 23.8 Å². The number of halogens is 3. The Bertz CT molecular complexity index is 836. The standard InChI is InChI=1S/C19H24F3N5O2S/c1-30-18-26-25-15(27(18)14-5-2-3-6-14)7-4-10-23-17(28)13-8-9-16(24-11-13)29-12-19(20,21)22/h8-9,11,14H,2-7,10,12H2,1H3,(H,23,28). The summed E-state index contributed by atoms with van der Waals surface area (Å²) >= 11 is 1.59. The summed E-state index contributed by atoms with van der Waals surface area (Å²) in [6.07, 6.45) is 4.89. The maximum atomic E-state index is 12.2. The third-order valence-electron chi connectivity index (χ3n) is 4.85. The second-order valence-electron chi connectivity index (χ2n) is 7.06. The first-order valence-corrected chi connectivity index (χ1v) is 11.0. The van der Waals surface area contributed by atoms with E-state index >= 15 is 0 Å². The lowest BCUT2D eigenvalue weighted by Gasteiger charge is -2.16. The molecule has 3 rings (SSSR count). The number of aromatic nitrogens is 4. The van der Waals surface area contributed by atoms with Gasteiger partial charge in [0.1, 0.15) is 5.82 Å². The van der Waals surface area contributed by atoms with E-state index in [1.54, 1.807) is 11.8 Å². The van der Waals surface area contributed by atoms with E-state index in [1.165, 1.54) is 31.2 Å². The smallest absolute Gasteiger partial charge is 0.422 e. The van der Waals surface area contributed by atoms with Crippen molar-refractivity contribution in [2.75, 3.05) is 19.4 Å². The average molecular weight is 443 g/mol. The summed E-state index contributed by atoms with van der Waals surface area (Å²) in [5, 5.41) is 12.3. The van der Waals surface area contributed by atoms with E-state index in [0.29, 0.717) is 25.4 Å². The van der Waals surface area contributed by atoms with Crippen molar-refractivity contribution in [3.05, 3.63) is 29.7 Å². The highest BCUT2D eigenvalue weighted by molar-refractivity contribution is 7.98. The van der Waals surface area contributed by atoms with Crippen molar-refractivity contribution in [1.82, 2.24) is 25.1 Å². The van der Waals surface area contributed by atoms with Gasteiger partial charge < -0.3 is 14.6 Å². The minimum absolute atomic E-state index is 0.181. The number of hydrogen-bond acceptors (Lipinski definition) is 6. The summed E-state index contributed by atoms with van der Waals surface area (Å²) in [6, 6.07) is 3.08. The molecule has 0 bridgehead atoms. The van der Waals surface area contributed by atoms with Crippen molar-refractivity contribution in [1.29, 1.82) is 0 Å². The Hall–Kier alpha value is -2.30. The first-order chi connectivity index (χ1) is 14.4. The van der Waals surface area contributed by atoms with Crippen LogP contribution in [0, 0.1) is 0 Å². The van der Waals surface area contributed by atoms with Crippen LogP contribution < -0.4 is 10.1 Å². The normalized spacial score (nSPS) is 14.8. The summed E-state index contributed by atoms with van der Waals surface area (Å²) in [7, 11) is 0. The van der Waals surface area contributed by atoms with Gasteiger partial charge >= 0.3 is 6.18 Å². The van der Waals surface area contributed by atoms with Crippen LogP contribution in [0.2, 0.25) is 0 Å². The second-order valence-corrected chi connectivity index (χ2v) is 7.83. The highest BCUT2D eigenvalue weighted by Crippen LogP contribution is 2.33. The summed E-state index contributed by atoms with van der Waals surface area (Å²) in [4.78, 5) is 15.9. The average Bonchev–Trinajstić information content (AvgIpc) is 3.38. The lowest BCUT2D eigenvalue weighted by Crippen LogP contribution is -2.25. The number of rotatable bonds is 9. The lowest BCUT2D eigenvalue weighted by atomic mass is 10.2. The Balaban J connectivity index is 1.47. The lowest BCUT2D eigenvalue weighted by molar-refractivity contribution is -0.154. The van der Waals surface area contributed by atoms with Crippen LogP contribution in [-0.2, 0) is 6.42 Å². The predicted molar refractivity (Wildman–Crippen MR) is 106 cm³/mol. The molecule has 1 fully saturated rings. The molecule has 0 unspecified atom stereocenters. The number of aryl methyl sites for hydroxylation is 1. The van der Waals surface area contributed by atoms with Gasteiger partial charge in [0.25, 0.3) is 5.91 Å². The zero-order valence-corrected chi connectivity index (χ0v) is 17.4. The van der Waals surface area contributed by atoms with E-state index in [2.05, 4.69) is 29.8 Å². The van der Waals surface area contributed by atoms with Crippen LogP contribution in [0.5, 0.6) is 5.88 Å². The Morgan fingerprint density at radius 2 is 2.07 bits per heavy atom. The van der Waals surface area contributed by atoms with Gasteiger partial charge in [-0.25, -0.2) is 4.98 Å². The Kier molecular flexibility index (Phi) is 7.57. The number of hydrogen-bond donors (Lipinski definition) is 1. The summed E-state index contributed by atoms with van der Waals surface area (Å²) in [5.41, 5.74) is 0.258. The number of ether oxygens (including phenoxy) is 1. The summed E-state index contributed by atoms with van der Waals surface area (Å²) in [6.45, 7) is -0.980. The molecule has 7 nitrogen and oxygen atoms in total. The van der Waals surface area contributed by atoms with Gasteiger partial charge in [-0.1, -0.05) is 24.6 Å². The number of alkyl halides is 3. The van der Waals surface area contributed by atoms with E-state index in [9.17, 15) is 18.0 Å². The molecule has 11 heteroatoms. The van der Waals surface area contributed by atoms with Crippen LogP contribution >= 0.6 is 11.8 Å². The number of thioether (sulfide) groups is 1. The number of amides is 1. The molecule has 1 N–H and O–H groups in total. The van der Waals surface area contributed by atoms with Crippen molar-refractivity contribution in [2.45, 2.75) is 55.9 Å². The second kappa shape index (κ2) is 10.1. The van der Waals surface area contributed by atoms with Gasteiger partial charge in [-0.15, -0.1) is 10.2 Å². The number of carbonyl (C=O) groups is 1. The summed E-state index contributed by atoms with van der Waals surface area (Å²) < 4.78 is 43.2. The maximum absolute atomic E-state index is 12.2. The number of pyridine rings is 1. The molecule has 164 valence electrons. The molecule has 0 aromatic carbocycles. The van der Waals surface area contributed by atoms with Crippen LogP contribution in [-0.4, -0.2) is 51.2 Å². The molecule has 30 heavy (non-hydrogen) atoms. The van der Waals surface area contributed by atoms with E-state index in [4.69, 9.17) is 0 Å². The molecule has 0 aliphatic heterocycles. The van der Waals surface area contributed by atoms with E-state index in [-0.39, 0.29) is 17.4 Å². The van der Waals surface area contributed by atoms with Gasteiger partial charge in [0.2, 0.25) is 5.88 Å². The zero-order chi connectivity index (χ0) is 21.6. The fraction of sp³-hybridized carbons (Fsp3) is 0.579. The molecular weight excluding hydrogens is 419 g/mol. The topological polar surface area (TPSA) is 81.9 Å². The van der Waals surface area contributed by atoms with Crippen molar-refractivity contribution < 1.29 is 22.7 Å². The molecule has 0 atom stereocenters. The van der Waals surface area contributed by atoms with Gasteiger partial charge in [-0.05, 0) is 31.6 Å². The Morgan fingerprint density at radius 3 is 2.70 bits per heavy atom. The molecule has 2 aromatic heterocycles. The van der Waals surface area contributed by atoms with Gasteiger partial charge in [-0.2, -0.15) is 13.2 Å². The molecule has 0 saturated heterocycles. The molecule has 1 aliphatic rings. The molecule has 1 aliphatic carbocycles. The van der Waals surface area contributed by atoms with E-state index < -0.39 is 12.8 Å². The third-order valence-corrected chi connectivity index (χ3v) is 5.50. The van der Waals surface area contributed by atoms with Crippen LogP contribution in [0.3, 0.4) is 0 Å². The molecule has 2 heterocycles. The monoisotopic (exact) mass is 443 g/mol. The SMILES string of the molecule is CSc1nnc(CCCNC(=O)c2ccc(OCC(F)(F)F)nc2)n1C1CCCC1. The first kappa shape index (κ1) is 22.4. The minimum atomic E-state index is -4.43. The first-order valence-electron chi connectivity index (χ1n) is 9.79. The predicted octanol–water partition coefficient (Wildman–Crippen LogP) is 3.81. The fourth-order valence-corrected chi connectivity index (χ4v) is 4.03. The molecule has 0 spiro atoms. The summed E-state index contributed by atoms with van der Waals surface area (Å²) in [5.74, 6) is 0.417.